The molecule has 1 N–H and O–H groups in total. The van der Waals surface area contributed by atoms with Gasteiger partial charge in [0, 0.05) is 17.1 Å². The second-order valence-electron chi connectivity index (χ2n) is 4.77. The Kier molecular flexibility index (Phi) is 6.03. The summed E-state index contributed by atoms with van der Waals surface area (Å²) in [6.07, 6.45) is 1.07. The summed E-state index contributed by atoms with van der Waals surface area (Å²) in [7, 11) is 0. The van der Waals surface area contributed by atoms with Crippen molar-refractivity contribution in [1.82, 2.24) is 10.3 Å². The summed E-state index contributed by atoms with van der Waals surface area (Å²) in [5.74, 6) is 1.33. The summed E-state index contributed by atoms with van der Waals surface area (Å²) in [5, 5.41) is 3.94. The lowest BCUT2D eigenvalue weighted by Crippen LogP contribution is -2.15. The van der Waals surface area contributed by atoms with Crippen LogP contribution in [0.3, 0.4) is 0 Å². The molecule has 0 aliphatic carbocycles. The molecule has 0 spiro atoms. The van der Waals surface area contributed by atoms with Crippen LogP contribution in [0.2, 0.25) is 5.02 Å². The third kappa shape index (κ3) is 4.70. The van der Waals surface area contributed by atoms with Crippen molar-refractivity contribution in [3.63, 3.8) is 0 Å². The van der Waals surface area contributed by atoms with Gasteiger partial charge in [-0.3, -0.25) is 0 Å². The minimum absolute atomic E-state index is 0.550. The molecule has 0 fully saturated rings. The van der Waals surface area contributed by atoms with Crippen molar-refractivity contribution in [1.29, 1.82) is 0 Å². The predicted molar refractivity (Wildman–Crippen MR) is 90.2 cm³/mol. The SMILES string of the molecule is CCCNCc1nc(Oc2cc(Br)ccc2C)ccc1Cl. The van der Waals surface area contributed by atoms with E-state index in [9.17, 15) is 0 Å². The molecule has 0 unspecified atom stereocenters. The van der Waals surface area contributed by atoms with Gasteiger partial charge in [-0.15, -0.1) is 0 Å². The fourth-order valence-corrected chi connectivity index (χ4v) is 2.34. The Bertz CT molecular complexity index is 619. The molecule has 1 aromatic heterocycles. The zero-order valence-corrected chi connectivity index (χ0v) is 14.5. The van der Waals surface area contributed by atoms with Crippen molar-refractivity contribution in [3.8, 4) is 11.6 Å². The molecular weight excluding hydrogens is 352 g/mol. The summed E-state index contributed by atoms with van der Waals surface area (Å²) in [6, 6.07) is 9.52. The second-order valence-corrected chi connectivity index (χ2v) is 6.09. The molecule has 0 amide bonds. The number of aromatic nitrogens is 1. The molecule has 0 aliphatic heterocycles. The largest absolute Gasteiger partial charge is 0.439 e. The van der Waals surface area contributed by atoms with E-state index in [0.717, 1.165) is 34.4 Å². The lowest BCUT2D eigenvalue weighted by molar-refractivity contribution is 0.456. The molecular formula is C16H18BrClN2O. The van der Waals surface area contributed by atoms with Gasteiger partial charge < -0.3 is 10.1 Å². The van der Waals surface area contributed by atoms with Gasteiger partial charge in [-0.2, -0.15) is 0 Å². The van der Waals surface area contributed by atoms with Crippen molar-refractivity contribution in [2.24, 2.45) is 0 Å². The van der Waals surface area contributed by atoms with Crippen LogP contribution in [0.25, 0.3) is 0 Å². The topological polar surface area (TPSA) is 34.2 Å². The third-order valence-electron chi connectivity index (χ3n) is 2.98. The fraction of sp³-hybridized carbons (Fsp3) is 0.312. The van der Waals surface area contributed by atoms with E-state index in [2.05, 4.69) is 33.2 Å². The minimum Gasteiger partial charge on any atom is -0.439 e. The first-order chi connectivity index (χ1) is 10.1. The van der Waals surface area contributed by atoms with Crippen molar-refractivity contribution in [2.45, 2.75) is 26.8 Å². The summed E-state index contributed by atoms with van der Waals surface area (Å²) in [4.78, 5) is 4.48. The summed E-state index contributed by atoms with van der Waals surface area (Å²) in [5.41, 5.74) is 1.86. The molecule has 2 rings (SSSR count). The number of nitrogens with zero attached hydrogens (tertiary/aromatic N) is 1. The van der Waals surface area contributed by atoms with E-state index in [-0.39, 0.29) is 0 Å². The van der Waals surface area contributed by atoms with Gasteiger partial charge in [0.2, 0.25) is 5.88 Å². The van der Waals surface area contributed by atoms with E-state index in [4.69, 9.17) is 16.3 Å². The highest BCUT2D eigenvalue weighted by Crippen LogP contribution is 2.28. The molecule has 2 aromatic rings. The molecule has 1 aromatic carbocycles. The van der Waals surface area contributed by atoms with E-state index < -0.39 is 0 Å². The summed E-state index contributed by atoms with van der Waals surface area (Å²) in [6.45, 7) is 5.70. The molecule has 112 valence electrons. The molecule has 21 heavy (non-hydrogen) atoms. The number of aryl methyl sites for hydroxylation is 1. The van der Waals surface area contributed by atoms with Crippen LogP contribution >= 0.6 is 27.5 Å². The number of hydrogen-bond donors (Lipinski definition) is 1. The van der Waals surface area contributed by atoms with E-state index in [1.54, 1.807) is 6.07 Å². The highest BCUT2D eigenvalue weighted by molar-refractivity contribution is 9.10. The molecule has 3 nitrogen and oxygen atoms in total. The molecule has 5 heteroatoms. The van der Waals surface area contributed by atoms with Gasteiger partial charge >= 0.3 is 0 Å². The van der Waals surface area contributed by atoms with E-state index >= 15 is 0 Å². The molecule has 0 aliphatic rings. The monoisotopic (exact) mass is 368 g/mol. The van der Waals surface area contributed by atoms with Crippen LogP contribution < -0.4 is 10.1 Å². The molecule has 1 heterocycles. The number of nitrogens with one attached hydrogen (secondary N) is 1. The van der Waals surface area contributed by atoms with Gasteiger partial charge in [0.25, 0.3) is 0 Å². The number of ether oxygens (including phenoxy) is 1. The maximum absolute atomic E-state index is 6.17. The minimum atomic E-state index is 0.550. The van der Waals surface area contributed by atoms with Crippen molar-refractivity contribution < 1.29 is 4.74 Å². The standard InChI is InChI=1S/C16H18BrClN2O/c1-3-8-19-10-14-13(18)6-7-16(20-14)21-15-9-12(17)5-4-11(15)2/h4-7,9,19H,3,8,10H2,1-2H3. The Balaban J connectivity index is 2.16. The first-order valence-electron chi connectivity index (χ1n) is 6.90. The highest BCUT2D eigenvalue weighted by atomic mass is 79.9. The van der Waals surface area contributed by atoms with E-state index in [1.807, 2.05) is 31.2 Å². The average molecular weight is 370 g/mol. The maximum atomic E-state index is 6.17. The van der Waals surface area contributed by atoms with E-state index in [0.29, 0.717) is 17.4 Å². The van der Waals surface area contributed by atoms with Gasteiger partial charge in [-0.1, -0.05) is 40.5 Å². The quantitative estimate of drug-likeness (QED) is 0.719. The van der Waals surface area contributed by atoms with Gasteiger partial charge in [0.15, 0.2) is 0 Å². The van der Waals surface area contributed by atoms with Crippen LogP contribution in [0.1, 0.15) is 24.6 Å². The van der Waals surface area contributed by atoms with Crippen LogP contribution in [-0.2, 0) is 6.54 Å². The van der Waals surface area contributed by atoms with Gasteiger partial charge in [0.05, 0.1) is 10.7 Å². The lowest BCUT2D eigenvalue weighted by Gasteiger charge is -2.11. The second kappa shape index (κ2) is 7.78. The Morgan fingerprint density at radius 1 is 1.29 bits per heavy atom. The third-order valence-corrected chi connectivity index (χ3v) is 3.81. The van der Waals surface area contributed by atoms with Crippen molar-refractivity contribution >= 4 is 27.5 Å². The number of benzene rings is 1. The Morgan fingerprint density at radius 3 is 2.86 bits per heavy atom. The Hall–Kier alpha value is -1.10. The van der Waals surface area contributed by atoms with Gasteiger partial charge in [-0.25, -0.2) is 4.98 Å². The smallest absolute Gasteiger partial charge is 0.219 e. The molecule has 0 atom stereocenters. The summed E-state index contributed by atoms with van der Waals surface area (Å²) < 4.78 is 6.84. The van der Waals surface area contributed by atoms with Crippen molar-refractivity contribution in [3.05, 3.63) is 51.1 Å². The van der Waals surface area contributed by atoms with E-state index in [1.165, 1.54) is 0 Å². The Labute approximate surface area is 138 Å². The zero-order valence-electron chi connectivity index (χ0n) is 12.1. The lowest BCUT2D eigenvalue weighted by atomic mass is 10.2. The average Bonchev–Trinajstić information content (AvgIpc) is 2.46. The highest BCUT2D eigenvalue weighted by Gasteiger charge is 2.07. The number of rotatable bonds is 6. The summed E-state index contributed by atoms with van der Waals surface area (Å²) >= 11 is 9.62. The van der Waals surface area contributed by atoms with Crippen molar-refractivity contribution in [2.75, 3.05) is 6.54 Å². The molecule has 0 saturated heterocycles. The number of pyridine rings is 1. The maximum Gasteiger partial charge on any atom is 0.219 e. The molecule has 0 bridgehead atoms. The van der Waals surface area contributed by atoms with Crippen LogP contribution in [0.5, 0.6) is 11.6 Å². The first kappa shape index (κ1) is 16.3. The van der Waals surface area contributed by atoms with Crippen LogP contribution in [0, 0.1) is 6.92 Å². The molecule has 0 saturated carbocycles. The van der Waals surface area contributed by atoms with Crippen LogP contribution in [0.15, 0.2) is 34.8 Å². The fourth-order valence-electron chi connectivity index (χ4n) is 1.83. The number of halogens is 2. The van der Waals surface area contributed by atoms with Gasteiger partial charge in [0.1, 0.15) is 5.75 Å². The Morgan fingerprint density at radius 2 is 2.10 bits per heavy atom. The first-order valence-corrected chi connectivity index (χ1v) is 8.07. The predicted octanol–water partition coefficient (Wildman–Crippen LogP) is 5.10. The number of hydrogen-bond acceptors (Lipinski definition) is 3. The normalized spacial score (nSPS) is 10.7. The van der Waals surface area contributed by atoms with Crippen LogP contribution in [-0.4, -0.2) is 11.5 Å². The zero-order chi connectivity index (χ0) is 15.2. The van der Waals surface area contributed by atoms with Crippen LogP contribution in [0.4, 0.5) is 0 Å². The van der Waals surface area contributed by atoms with Gasteiger partial charge in [-0.05, 0) is 43.7 Å². The molecule has 0 radical (unpaired) electrons.